The molecule has 0 radical (unpaired) electrons. The van der Waals surface area contributed by atoms with Crippen LogP contribution in [0.25, 0.3) is 0 Å². The predicted molar refractivity (Wildman–Crippen MR) is 57.2 cm³/mol. The summed E-state index contributed by atoms with van der Waals surface area (Å²) in [5, 5.41) is 9.69. The van der Waals surface area contributed by atoms with Crippen molar-refractivity contribution in [3.63, 3.8) is 0 Å². The Labute approximate surface area is 92.6 Å². The minimum absolute atomic E-state index is 0.0986. The van der Waals surface area contributed by atoms with E-state index in [1.54, 1.807) is 0 Å². The highest BCUT2D eigenvalue weighted by Crippen LogP contribution is 2.38. The summed E-state index contributed by atoms with van der Waals surface area (Å²) < 4.78 is 0. The number of fused-ring (bicyclic) bond motifs is 1. The molecule has 1 saturated heterocycles. The van der Waals surface area contributed by atoms with E-state index in [2.05, 4.69) is 15.9 Å². The number of amides is 1. The summed E-state index contributed by atoms with van der Waals surface area (Å²) in [6, 6.07) is 0. The molecule has 4 heteroatoms. The van der Waals surface area contributed by atoms with Gasteiger partial charge in [-0.3, -0.25) is 4.79 Å². The topological polar surface area (TPSA) is 40.5 Å². The third-order valence-electron chi connectivity index (χ3n) is 3.47. The Kier molecular flexibility index (Phi) is 2.84. The number of rotatable bonds is 1. The van der Waals surface area contributed by atoms with Crippen LogP contribution >= 0.6 is 15.9 Å². The number of carbonyl (C=O) groups is 1. The molecule has 80 valence electrons. The lowest BCUT2D eigenvalue weighted by Gasteiger charge is -2.19. The summed E-state index contributed by atoms with van der Waals surface area (Å²) in [4.78, 5) is 13.5. The van der Waals surface area contributed by atoms with E-state index in [0.29, 0.717) is 11.8 Å². The fourth-order valence-corrected chi connectivity index (χ4v) is 2.96. The highest BCUT2D eigenvalue weighted by molar-refractivity contribution is 9.10. The van der Waals surface area contributed by atoms with E-state index in [-0.39, 0.29) is 16.8 Å². The molecule has 14 heavy (non-hydrogen) atoms. The second-order valence-electron chi connectivity index (χ2n) is 4.43. The van der Waals surface area contributed by atoms with Crippen molar-refractivity contribution in [2.75, 3.05) is 13.1 Å². The van der Waals surface area contributed by atoms with Gasteiger partial charge in [0.2, 0.25) is 5.91 Å². The molecule has 0 bridgehead atoms. The summed E-state index contributed by atoms with van der Waals surface area (Å²) in [7, 11) is 0. The van der Waals surface area contributed by atoms with Crippen molar-refractivity contribution in [3.05, 3.63) is 0 Å². The molecule has 0 aromatic rings. The highest BCUT2D eigenvalue weighted by atomic mass is 79.9. The summed E-state index contributed by atoms with van der Waals surface area (Å²) in [6.07, 6.45) is 1.82. The van der Waals surface area contributed by atoms with E-state index >= 15 is 0 Å². The Hall–Kier alpha value is -0.0900. The normalized spacial score (nSPS) is 38.5. The molecule has 1 N–H and O–H groups in total. The largest absolute Gasteiger partial charge is 0.393 e. The highest BCUT2D eigenvalue weighted by Gasteiger charge is 2.43. The van der Waals surface area contributed by atoms with Gasteiger partial charge in [-0.2, -0.15) is 0 Å². The Bertz CT molecular complexity index is 244. The average Bonchev–Trinajstić information content (AvgIpc) is 2.67. The van der Waals surface area contributed by atoms with Crippen LogP contribution in [0.2, 0.25) is 0 Å². The molecule has 1 aliphatic carbocycles. The van der Waals surface area contributed by atoms with Crippen molar-refractivity contribution in [2.45, 2.75) is 30.7 Å². The van der Waals surface area contributed by atoms with Crippen LogP contribution in [0.15, 0.2) is 0 Å². The second kappa shape index (κ2) is 3.81. The molecule has 1 aliphatic heterocycles. The minimum Gasteiger partial charge on any atom is -0.393 e. The number of hydrogen-bond donors (Lipinski definition) is 1. The monoisotopic (exact) mass is 261 g/mol. The van der Waals surface area contributed by atoms with Crippen LogP contribution < -0.4 is 0 Å². The standard InChI is InChI=1S/C10H16BrNO2/c1-6(11)10(14)12-4-7-2-3-9(13)8(7)5-12/h6-9,13H,2-5H2,1H3. The Morgan fingerprint density at radius 2 is 2.21 bits per heavy atom. The van der Waals surface area contributed by atoms with Crippen molar-refractivity contribution in [2.24, 2.45) is 11.8 Å². The molecule has 0 aromatic carbocycles. The van der Waals surface area contributed by atoms with Gasteiger partial charge in [0.05, 0.1) is 10.9 Å². The molecule has 4 unspecified atom stereocenters. The third kappa shape index (κ3) is 1.70. The molecule has 1 heterocycles. The van der Waals surface area contributed by atoms with E-state index in [4.69, 9.17) is 0 Å². The maximum absolute atomic E-state index is 11.7. The molecular weight excluding hydrogens is 246 g/mol. The van der Waals surface area contributed by atoms with Gasteiger partial charge in [-0.15, -0.1) is 0 Å². The molecule has 2 rings (SSSR count). The van der Waals surface area contributed by atoms with Crippen molar-refractivity contribution in [1.29, 1.82) is 0 Å². The van der Waals surface area contributed by atoms with Crippen LogP contribution in [0, 0.1) is 11.8 Å². The van der Waals surface area contributed by atoms with E-state index in [1.807, 2.05) is 11.8 Å². The van der Waals surface area contributed by atoms with Crippen LogP contribution in [0.5, 0.6) is 0 Å². The molecule has 2 fully saturated rings. The summed E-state index contributed by atoms with van der Waals surface area (Å²) in [5.41, 5.74) is 0. The number of nitrogens with zero attached hydrogens (tertiary/aromatic N) is 1. The number of alkyl halides is 1. The Morgan fingerprint density at radius 1 is 1.50 bits per heavy atom. The number of aliphatic hydroxyl groups is 1. The van der Waals surface area contributed by atoms with Crippen LogP contribution in [0.4, 0.5) is 0 Å². The van der Waals surface area contributed by atoms with Crippen molar-refractivity contribution in [3.8, 4) is 0 Å². The molecule has 1 saturated carbocycles. The quantitative estimate of drug-likeness (QED) is 0.716. The summed E-state index contributed by atoms with van der Waals surface area (Å²) in [6.45, 7) is 3.45. The van der Waals surface area contributed by atoms with Gasteiger partial charge in [-0.1, -0.05) is 15.9 Å². The molecule has 2 aliphatic rings. The molecule has 4 atom stereocenters. The first-order valence-corrected chi connectivity index (χ1v) is 6.12. The van der Waals surface area contributed by atoms with Crippen molar-refractivity contribution >= 4 is 21.8 Å². The number of halogens is 1. The van der Waals surface area contributed by atoms with Gasteiger partial charge in [-0.25, -0.2) is 0 Å². The zero-order valence-corrected chi connectivity index (χ0v) is 9.90. The number of likely N-dealkylation sites (tertiary alicyclic amines) is 1. The first-order chi connectivity index (χ1) is 6.59. The van der Waals surface area contributed by atoms with Gasteiger partial charge >= 0.3 is 0 Å². The lowest BCUT2D eigenvalue weighted by molar-refractivity contribution is -0.129. The zero-order chi connectivity index (χ0) is 10.3. The molecule has 3 nitrogen and oxygen atoms in total. The minimum atomic E-state index is -0.177. The maximum Gasteiger partial charge on any atom is 0.236 e. The lowest BCUT2D eigenvalue weighted by atomic mass is 10.00. The summed E-state index contributed by atoms with van der Waals surface area (Å²) in [5.74, 6) is 1.04. The van der Waals surface area contributed by atoms with Crippen LogP contribution in [0.1, 0.15) is 19.8 Å². The van der Waals surface area contributed by atoms with Gasteiger partial charge in [0.25, 0.3) is 0 Å². The van der Waals surface area contributed by atoms with Gasteiger partial charge in [0.15, 0.2) is 0 Å². The SMILES string of the molecule is CC(Br)C(=O)N1CC2CCC(O)C2C1. The molecular formula is C10H16BrNO2. The zero-order valence-electron chi connectivity index (χ0n) is 8.32. The number of aliphatic hydroxyl groups excluding tert-OH is 1. The van der Waals surface area contributed by atoms with Gasteiger partial charge in [0, 0.05) is 19.0 Å². The fraction of sp³-hybridized carbons (Fsp3) is 0.900. The number of carbonyl (C=O) groups excluding carboxylic acids is 1. The van der Waals surface area contributed by atoms with E-state index in [0.717, 1.165) is 25.9 Å². The number of hydrogen-bond acceptors (Lipinski definition) is 2. The smallest absolute Gasteiger partial charge is 0.236 e. The molecule has 0 aromatic heterocycles. The maximum atomic E-state index is 11.7. The Morgan fingerprint density at radius 3 is 2.79 bits per heavy atom. The van der Waals surface area contributed by atoms with Gasteiger partial charge in [0.1, 0.15) is 0 Å². The van der Waals surface area contributed by atoms with Crippen LogP contribution in [-0.2, 0) is 4.79 Å². The molecule has 0 spiro atoms. The average molecular weight is 262 g/mol. The molecule has 1 amide bonds. The predicted octanol–water partition coefficient (Wildman–Crippen LogP) is 0.999. The summed E-state index contributed by atoms with van der Waals surface area (Å²) >= 11 is 3.29. The fourth-order valence-electron chi connectivity index (χ4n) is 2.67. The first-order valence-electron chi connectivity index (χ1n) is 5.20. The van der Waals surface area contributed by atoms with Crippen LogP contribution in [-0.4, -0.2) is 39.9 Å². The van der Waals surface area contributed by atoms with E-state index in [9.17, 15) is 9.90 Å². The first kappa shape index (κ1) is 10.4. The lowest BCUT2D eigenvalue weighted by Crippen LogP contribution is -2.35. The van der Waals surface area contributed by atoms with Gasteiger partial charge in [-0.05, 0) is 25.7 Å². The van der Waals surface area contributed by atoms with Gasteiger partial charge < -0.3 is 10.0 Å². The van der Waals surface area contributed by atoms with E-state index in [1.165, 1.54) is 0 Å². The second-order valence-corrected chi connectivity index (χ2v) is 5.80. The third-order valence-corrected chi connectivity index (χ3v) is 3.86. The Balaban J connectivity index is 1.98. The van der Waals surface area contributed by atoms with Crippen molar-refractivity contribution in [1.82, 2.24) is 4.90 Å². The van der Waals surface area contributed by atoms with E-state index < -0.39 is 0 Å². The van der Waals surface area contributed by atoms with Crippen molar-refractivity contribution < 1.29 is 9.90 Å². The van der Waals surface area contributed by atoms with Crippen LogP contribution in [0.3, 0.4) is 0 Å².